The number of oxazole rings is 1. The van der Waals surface area contributed by atoms with Gasteiger partial charge in [-0.3, -0.25) is 4.21 Å². The zero-order valence-electron chi connectivity index (χ0n) is 11.8. The van der Waals surface area contributed by atoms with E-state index < -0.39 is 10.8 Å². The molecule has 0 N–H and O–H groups in total. The van der Waals surface area contributed by atoms with Crippen LogP contribution in [0.15, 0.2) is 51.2 Å². The minimum absolute atomic E-state index is 0.299. The van der Waals surface area contributed by atoms with Crippen LogP contribution in [0.2, 0.25) is 0 Å². The molecule has 2 aromatic heterocycles. The second-order valence-electron chi connectivity index (χ2n) is 4.83. The fraction of sp³-hybridized carbons (Fsp3) is 0.188. The molecule has 0 saturated carbocycles. The van der Waals surface area contributed by atoms with Crippen molar-refractivity contribution in [2.45, 2.75) is 24.5 Å². The van der Waals surface area contributed by atoms with Crippen molar-refractivity contribution >= 4 is 22.1 Å². The van der Waals surface area contributed by atoms with Gasteiger partial charge < -0.3 is 4.42 Å². The summed E-state index contributed by atoms with van der Waals surface area (Å²) >= 11 is 1.60. The quantitative estimate of drug-likeness (QED) is 0.719. The third kappa shape index (κ3) is 3.14. The lowest BCUT2D eigenvalue weighted by molar-refractivity contribution is 0.528. The number of rotatable bonds is 4. The molecule has 0 aliphatic heterocycles. The van der Waals surface area contributed by atoms with E-state index in [1.54, 1.807) is 17.5 Å². The predicted octanol–water partition coefficient (Wildman–Crippen LogP) is 4.33. The first-order chi connectivity index (χ1) is 10.1. The number of hydrogen-bond donors (Lipinski definition) is 0. The minimum Gasteiger partial charge on any atom is -0.439 e. The summed E-state index contributed by atoms with van der Waals surface area (Å²) in [6, 6.07) is 9.82. The minimum atomic E-state index is -1.14. The van der Waals surface area contributed by atoms with Crippen molar-refractivity contribution in [1.29, 1.82) is 0 Å². The Labute approximate surface area is 130 Å². The molecule has 1 atom stereocenters. The summed E-state index contributed by atoms with van der Waals surface area (Å²) in [6.45, 7) is 4.07. The number of benzene rings is 1. The molecule has 0 aliphatic carbocycles. The van der Waals surface area contributed by atoms with Gasteiger partial charge in [0.25, 0.3) is 0 Å². The number of nitrogens with zero attached hydrogens (tertiary/aromatic N) is 1. The van der Waals surface area contributed by atoms with E-state index in [2.05, 4.69) is 4.98 Å². The fourth-order valence-corrected chi connectivity index (χ4v) is 3.68. The van der Waals surface area contributed by atoms with Crippen LogP contribution in [0.4, 0.5) is 0 Å². The van der Waals surface area contributed by atoms with Crippen molar-refractivity contribution in [2.75, 3.05) is 0 Å². The molecule has 0 fully saturated rings. The molecule has 1 aromatic carbocycles. The lowest BCUT2D eigenvalue weighted by atomic mass is 10.1. The van der Waals surface area contributed by atoms with Crippen molar-refractivity contribution < 1.29 is 8.63 Å². The summed E-state index contributed by atoms with van der Waals surface area (Å²) in [5.41, 5.74) is 2.35. The summed E-state index contributed by atoms with van der Waals surface area (Å²) in [5.74, 6) is 1.54. The number of aromatic nitrogens is 1. The van der Waals surface area contributed by atoms with Crippen molar-refractivity contribution in [1.82, 2.24) is 4.98 Å². The Morgan fingerprint density at radius 3 is 2.81 bits per heavy atom. The van der Waals surface area contributed by atoms with Crippen LogP contribution >= 0.6 is 11.3 Å². The summed E-state index contributed by atoms with van der Waals surface area (Å²) in [5, 5.41) is 1.99. The monoisotopic (exact) mass is 317 g/mol. The first-order valence-corrected chi connectivity index (χ1v) is 8.77. The van der Waals surface area contributed by atoms with Gasteiger partial charge in [0.2, 0.25) is 5.89 Å². The van der Waals surface area contributed by atoms with Gasteiger partial charge >= 0.3 is 0 Å². The SMILES string of the molecule is Cc1ccc(S(=O)Cc2ncc(-c3cccs3)o2)cc1C. The first-order valence-electron chi connectivity index (χ1n) is 6.57. The largest absolute Gasteiger partial charge is 0.439 e. The average molecular weight is 317 g/mol. The van der Waals surface area contributed by atoms with Gasteiger partial charge in [-0.1, -0.05) is 12.1 Å². The van der Waals surface area contributed by atoms with Crippen molar-refractivity contribution in [3.63, 3.8) is 0 Å². The van der Waals surface area contributed by atoms with Crippen LogP contribution < -0.4 is 0 Å². The Morgan fingerprint density at radius 1 is 1.24 bits per heavy atom. The maximum atomic E-state index is 12.4. The van der Waals surface area contributed by atoms with Gasteiger partial charge in [0.1, 0.15) is 5.75 Å². The molecule has 0 amide bonds. The number of hydrogen-bond acceptors (Lipinski definition) is 4. The second kappa shape index (κ2) is 5.95. The zero-order valence-corrected chi connectivity index (χ0v) is 13.5. The van der Waals surface area contributed by atoms with Crippen LogP contribution in [0.3, 0.4) is 0 Å². The van der Waals surface area contributed by atoms with E-state index in [-0.39, 0.29) is 0 Å². The van der Waals surface area contributed by atoms with Gasteiger partial charge in [-0.25, -0.2) is 4.98 Å². The molecule has 1 unspecified atom stereocenters. The highest BCUT2D eigenvalue weighted by Crippen LogP contribution is 2.26. The van der Waals surface area contributed by atoms with E-state index >= 15 is 0 Å². The number of aryl methyl sites for hydroxylation is 2. The van der Waals surface area contributed by atoms with Crippen LogP contribution in [0, 0.1) is 13.8 Å². The molecule has 21 heavy (non-hydrogen) atoms. The van der Waals surface area contributed by atoms with Gasteiger partial charge in [-0.2, -0.15) is 0 Å². The molecule has 0 spiro atoms. The summed E-state index contributed by atoms with van der Waals surface area (Å²) in [6.07, 6.45) is 1.69. The third-order valence-corrected chi connectivity index (χ3v) is 5.49. The van der Waals surface area contributed by atoms with Crippen molar-refractivity contribution in [3.8, 4) is 10.6 Å². The van der Waals surface area contributed by atoms with E-state index in [1.807, 2.05) is 49.6 Å². The highest BCUT2D eigenvalue weighted by Gasteiger charge is 2.12. The molecule has 0 saturated heterocycles. The Kier molecular flexibility index (Phi) is 4.03. The van der Waals surface area contributed by atoms with Crippen molar-refractivity contribution in [3.05, 3.63) is 58.9 Å². The normalized spacial score (nSPS) is 12.5. The van der Waals surface area contributed by atoms with Gasteiger partial charge in [0, 0.05) is 4.90 Å². The fourth-order valence-electron chi connectivity index (χ4n) is 1.96. The lowest BCUT2D eigenvalue weighted by Crippen LogP contribution is -1.97. The third-order valence-electron chi connectivity index (χ3n) is 3.31. The van der Waals surface area contributed by atoms with Gasteiger partial charge in [-0.05, 0) is 48.6 Å². The van der Waals surface area contributed by atoms with Crippen molar-refractivity contribution in [2.24, 2.45) is 0 Å². The topological polar surface area (TPSA) is 43.1 Å². The molecule has 0 aliphatic rings. The van der Waals surface area contributed by atoms with Gasteiger partial charge in [-0.15, -0.1) is 11.3 Å². The Hall–Kier alpha value is -1.72. The molecule has 0 radical (unpaired) electrons. The Bertz CT molecular complexity index is 775. The van der Waals surface area contributed by atoms with E-state index in [0.29, 0.717) is 11.6 Å². The highest BCUT2D eigenvalue weighted by atomic mass is 32.2. The Morgan fingerprint density at radius 2 is 2.10 bits per heavy atom. The van der Waals surface area contributed by atoms with Crippen LogP contribution in [0.5, 0.6) is 0 Å². The van der Waals surface area contributed by atoms with Crippen LogP contribution in [0.1, 0.15) is 17.0 Å². The highest BCUT2D eigenvalue weighted by molar-refractivity contribution is 7.84. The molecule has 3 aromatic rings. The predicted molar refractivity (Wildman–Crippen MR) is 85.8 cm³/mol. The van der Waals surface area contributed by atoms with E-state index in [9.17, 15) is 4.21 Å². The number of thiophene rings is 1. The molecular weight excluding hydrogens is 302 g/mol. The Balaban J connectivity index is 1.77. The van der Waals surface area contributed by atoms with Crippen LogP contribution in [-0.4, -0.2) is 9.19 Å². The summed E-state index contributed by atoms with van der Waals surface area (Å²) in [7, 11) is -1.14. The molecule has 5 heteroatoms. The zero-order chi connectivity index (χ0) is 14.8. The lowest BCUT2D eigenvalue weighted by Gasteiger charge is -2.04. The first kappa shape index (κ1) is 14.2. The van der Waals surface area contributed by atoms with E-state index in [4.69, 9.17) is 4.42 Å². The summed E-state index contributed by atoms with van der Waals surface area (Å²) in [4.78, 5) is 6.07. The smallest absolute Gasteiger partial charge is 0.207 e. The van der Waals surface area contributed by atoms with E-state index in [1.165, 1.54) is 5.56 Å². The standard InChI is InChI=1S/C16H15NO2S2/c1-11-5-6-13(8-12(11)2)21(18)10-16-17-9-14(19-16)15-4-3-7-20-15/h3-9H,10H2,1-2H3. The van der Waals surface area contributed by atoms with Crippen LogP contribution in [0.25, 0.3) is 10.6 Å². The second-order valence-corrected chi connectivity index (χ2v) is 7.23. The van der Waals surface area contributed by atoms with E-state index in [0.717, 1.165) is 21.1 Å². The molecule has 108 valence electrons. The molecule has 0 bridgehead atoms. The summed E-state index contributed by atoms with van der Waals surface area (Å²) < 4.78 is 18.1. The van der Waals surface area contributed by atoms with Gasteiger partial charge in [0.15, 0.2) is 5.76 Å². The molecular formula is C16H15NO2S2. The maximum Gasteiger partial charge on any atom is 0.207 e. The van der Waals surface area contributed by atoms with Crippen LogP contribution in [-0.2, 0) is 16.6 Å². The maximum absolute atomic E-state index is 12.4. The molecule has 3 nitrogen and oxygen atoms in total. The average Bonchev–Trinajstić information content (AvgIpc) is 3.12. The molecule has 2 heterocycles. The molecule has 3 rings (SSSR count). The van der Waals surface area contributed by atoms with Gasteiger partial charge in [0.05, 0.1) is 21.9 Å².